The number of carbonyl (C=O) groups is 1. The predicted octanol–water partition coefficient (Wildman–Crippen LogP) is 6.20. The van der Waals surface area contributed by atoms with E-state index in [0.717, 1.165) is 23.2 Å². The molecule has 4 aromatic rings. The fourth-order valence-corrected chi connectivity index (χ4v) is 5.03. The fraction of sp³-hybridized carbons (Fsp3) is 0.138. The smallest absolute Gasteiger partial charge is 0.339 e. The van der Waals surface area contributed by atoms with E-state index in [1.54, 1.807) is 26.0 Å². The van der Waals surface area contributed by atoms with E-state index < -0.39 is 10.9 Å². The van der Waals surface area contributed by atoms with Gasteiger partial charge < -0.3 is 4.74 Å². The number of nitro benzene ring substituents is 1. The maximum absolute atomic E-state index is 12.6. The van der Waals surface area contributed by atoms with Crippen LogP contribution in [0.3, 0.4) is 0 Å². The second-order valence-electron chi connectivity index (χ2n) is 8.86. The molecule has 0 unspecified atom stereocenters. The van der Waals surface area contributed by atoms with Crippen molar-refractivity contribution in [1.29, 1.82) is 0 Å². The maximum Gasteiger partial charge on any atom is 0.339 e. The molecule has 2 aliphatic rings. The summed E-state index contributed by atoms with van der Waals surface area (Å²) in [6.07, 6.45) is 0.881. The molecule has 0 amide bonds. The van der Waals surface area contributed by atoms with Crippen LogP contribution in [-0.2, 0) is 11.2 Å². The van der Waals surface area contributed by atoms with Crippen molar-refractivity contribution in [2.24, 2.45) is 4.99 Å². The molecule has 0 spiro atoms. The summed E-state index contributed by atoms with van der Waals surface area (Å²) in [6, 6.07) is 20.8. The first-order chi connectivity index (χ1) is 17.4. The monoisotopic (exact) mass is 475 g/mol. The quantitative estimate of drug-likeness (QED) is 0.172. The Kier molecular flexibility index (Phi) is 5.00. The molecule has 1 heterocycles. The highest BCUT2D eigenvalue weighted by Crippen LogP contribution is 2.42. The topological polar surface area (TPSA) is 94.7 Å². The minimum atomic E-state index is -0.458. The number of fused-ring (bicyclic) bond motifs is 6. The van der Waals surface area contributed by atoms with E-state index in [0.29, 0.717) is 33.8 Å². The summed E-state index contributed by atoms with van der Waals surface area (Å²) in [6.45, 7) is 3.76. The van der Waals surface area contributed by atoms with E-state index in [4.69, 9.17) is 14.7 Å². The molecule has 1 aromatic heterocycles. The van der Waals surface area contributed by atoms with Gasteiger partial charge in [-0.15, -0.1) is 0 Å². The average molecular weight is 476 g/mol. The minimum Gasteiger partial charge on any atom is -0.462 e. The van der Waals surface area contributed by atoms with Crippen molar-refractivity contribution >= 4 is 23.1 Å². The van der Waals surface area contributed by atoms with Gasteiger partial charge in [0.25, 0.3) is 5.69 Å². The van der Waals surface area contributed by atoms with Crippen molar-refractivity contribution in [2.75, 3.05) is 6.61 Å². The molecule has 7 heteroatoms. The predicted molar refractivity (Wildman–Crippen MR) is 137 cm³/mol. The molecule has 0 N–H and O–H groups in total. The second-order valence-corrected chi connectivity index (χ2v) is 8.86. The number of nitrogens with zero attached hydrogens (tertiary/aromatic N) is 3. The van der Waals surface area contributed by atoms with Crippen LogP contribution in [0.15, 0.2) is 71.7 Å². The van der Waals surface area contributed by atoms with Gasteiger partial charge in [-0.25, -0.2) is 9.79 Å². The van der Waals surface area contributed by atoms with Gasteiger partial charge in [0.15, 0.2) is 0 Å². The number of aliphatic imine (C=N–C) groups is 1. The molecule has 0 bridgehead atoms. The molecule has 0 fully saturated rings. The third-order valence-electron chi connectivity index (χ3n) is 6.71. The van der Waals surface area contributed by atoms with Crippen molar-refractivity contribution in [2.45, 2.75) is 20.3 Å². The summed E-state index contributed by atoms with van der Waals surface area (Å²) >= 11 is 0. The van der Waals surface area contributed by atoms with Crippen LogP contribution in [0.1, 0.15) is 45.2 Å². The van der Waals surface area contributed by atoms with Crippen molar-refractivity contribution in [1.82, 2.24) is 4.98 Å². The normalized spacial score (nSPS) is 13.7. The van der Waals surface area contributed by atoms with Crippen LogP contribution in [0.2, 0.25) is 0 Å². The van der Waals surface area contributed by atoms with Crippen molar-refractivity contribution in [3.8, 4) is 22.4 Å². The number of rotatable bonds is 4. The number of nitro groups is 1. The second kappa shape index (κ2) is 8.23. The number of hydrogen-bond acceptors (Lipinski definition) is 6. The molecule has 0 saturated heterocycles. The highest BCUT2D eigenvalue weighted by molar-refractivity contribution is 6.25. The SMILES string of the molecule is CCOC(=O)c1cc2c(nc1C)-c1ccc([N+](=O)[O-])cc1C2=Nc1ccc2c(c1)-c1ccccc1C2. The molecular formula is C29H21N3O4. The Bertz CT molecular complexity index is 1640. The molecule has 176 valence electrons. The van der Waals surface area contributed by atoms with Gasteiger partial charge in [0, 0.05) is 28.8 Å². The fourth-order valence-electron chi connectivity index (χ4n) is 5.03. The largest absolute Gasteiger partial charge is 0.462 e. The lowest BCUT2D eigenvalue weighted by atomic mass is 10.0. The molecule has 6 rings (SSSR count). The molecule has 0 atom stereocenters. The number of carbonyl (C=O) groups excluding carboxylic acids is 1. The zero-order valence-corrected chi connectivity index (χ0v) is 19.7. The lowest BCUT2D eigenvalue weighted by Gasteiger charge is -2.09. The third-order valence-corrected chi connectivity index (χ3v) is 6.71. The summed E-state index contributed by atoms with van der Waals surface area (Å²) in [4.78, 5) is 33.4. The lowest BCUT2D eigenvalue weighted by molar-refractivity contribution is -0.384. The molecule has 3 aromatic carbocycles. The van der Waals surface area contributed by atoms with E-state index in [2.05, 4.69) is 24.3 Å². The van der Waals surface area contributed by atoms with Gasteiger partial charge in [0.05, 0.1) is 39.9 Å². The van der Waals surface area contributed by atoms with E-state index in [9.17, 15) is 14.9 Å². The molecule has 0 aliphatic heterocycles. The Morgan fingerprint density at radius 2 is 1.78 bits per heavy atom. The first-order valence-electron chi connectivity index (χ1n) is 11.7. The summed E-state index contributed by atoms with van der Waals surface area (Å²) in [5, 5.41) is 11.5. The van der Waals surface area contributed by atoms with Crippen LogP contribution in [-0.4, -0.2) is 28.2 Å². The van der Waals surface area contributed by atoms with Crippen LogP contribution in [0.5, 0.6) is 0 Å². The van der Waals surface area contributed by atoms with Crippen molar-refractivity contribution < 1.29 is 14.5 Å². The van der Waals surface area contributed by atoms with Gasteiger partial charge in [-0.2, -0.15) is 0 Å². The Hall–Kier alpha value is -4.65. The first-order valence-corrected chi connectivity index (χ1v) is 11.7. The highest BCUT2D eigenvalue weighted by atomic mass is 16.6. The van der Waals surface area contributed by atoms with Gasteiger partial charge in [-0.1, -0.05) is 30.3 Å². The third kappa shape index (κ3) is 3.40. The summed E-state index contributed by atoms with van der Waals surface area (Å²) < 4.78 is 5.23. The molecule has 36 heavy (non-hydrogen) atoms. The number of benzene rings is 3. The van der Waals surface area contributed by atoms with Gasteiger partial charge in [0.1, 0.15) is 0 Å². The number of esters is 1. The Morgan fingerprint density at radius 3 is 2.58 bits per heavy atom. The van der Waals surface area contributed by atoms with Crippen LogP contribution < -0.4 is 0 Å². The van der Waals surface area contributed by atoms with Gasteiger partial charge in [0.2, 0.25) is 0 Å². The van der Waals surface area contributed by atoms with E-state index in [1.165, 1.54) is 28.8 Å². The summed E-state index contributed by atoms with van der Waals surface area (Å²) in [7, 11) is 0. The van der Waals surface area contributed by atoms with E-state index in [1.807, 2.05) is 18.2 Å². The Balaban J connectivity index is 1.55. The molecule has 7 nitrogen and oxygen atoms in total. The minimum absolute atomic E-state index is 0.0283. The molecular weight excluding hydrogens is 454 g/mol. The first kappa shape index (κ1) is 21.9. The van der Waals surface area contributed by atoms with Gasteiger partial charge in [-0.05, 0) is 66.8 Å². The number of hydrogen-bond donors (Lipinski definition) is 0. The number of ether oxygens (including phenoxy) is 1. The van der Waals surface area contributed by atoms with Crippen LogP contribution in [0.25, 0.3) is 22.4 Å². The van der Waals surface area contributed by atoms with E-state index in [-0.39, 0.29) is 12.3 Å². The number of non-ortho nitro benzene ring substituents is 1. The zero-order chi connectivity index (χ0) is 25.0. The van der Waals surface area contributed by atoms with Crippen LogP contribution in [0.4, 0.5) is 11.4 Å². The Labute approximate surface area is 207 Å². The highest BCUT2D eigenvalue weighted by Gasteiger charge is 2.31. The van der Waals surface area contributed by atoms with Gasteiger partial charge >= 0.3 is 5.97 Å². The van der Waals surface area contributed by atoms with Crippen molar-refractivity contribution in [3.63, 3.8) is 0 Å². The zero-order valence-electron chi connectivity index (χ0n) is 19.7. The number of aryl methyl sites for hydroxylation is 1. The van der Waals surface area contributed by atoms with E-state index >= 15 is 0 Å². The van der Waals surface area contributed by atoms with Crippen LogP contribution >= 0.6 is 0 Å². The standard InChI is InChI=1S/C29H21N3O4/c1-3-36-29(33)23-15-26-27(30-16(23)2)22-11-10-20(32(34)35)14-25(22)28(26)31-19-9-8-18-12-17-6-4-5-7-21(17)24(18)13-19/h4-11,13-15H,3,12H2,1-2H3. The molecule has 0 radical (unpaired) electrons. The summed E-state index contributed by atoms with van der Waals surface area (Å²) in [5.41, 5.74) is 9.66. The van der Waals surface area contributed by atoms with Gasteiger partial charge in [-0.3, -0.25) is 15.1 Å². The van der Waals surface area contributed by atoms with Crippen LogP contribution in [0, 0.1) is 17.0 Å². The lowest BCUT2D eigenvalue weighted by Crippen LogP contribution is -2.10. The molecule has 2 aliphatic carbocycles. The Morgan fingerprint density at radius 1 is 0.972 bits per heavy atom. The maximum atomic E-state index is 12.6. The summed E-state index contributed by atoms with van der Waals surface area (Å²) in [5.74, 6) is -0.458. The van der Waals surface area contributed by atoms with Crippen molar-refractivity contribution in [3.05, 3.63) is 110 Å². The number of pyridine rings is 1. The number of aromatic nitrogens is 1. The average Bonchev–Trinajstić information content (AvgIpc) is 3.38. The molecule has 0 saturated carbocycles.